The molecule has 0 spiro atoms. The number of carbonyl (C=O) groups is 1. The molecule has 0 amide bonds. The topological polar surface area (TPSA) is 35.5 Å². The third kappa shape index (κ3) is 4.28. The van der Waals surface area contributed by atoms with Crippen LogP contribution in [0.3, 0.4) is 0 Å². The Kier molecular flexibility index (Phi) is 6.33. The molecule has 6 heteroatoms. The van der Waals surface area contributed by atoms with Crippen molar-refractivity contribution in [3.63, 3.8) is 0 Å². The first-order chi connectivity index (χ1) is 15.4. The van der Waals surface area contributed by atoms with E-state index in [-0.39, 0.29) is 17.5 Å². The Labute approximate surface area is 190 Å². The molecule has 0 aromatic heterocycles. The normalized spacial score (nSPS) is 17.9. The van der Waals surface area contributed by atoms with Crippen LogP contribution in [-0.4, -0.2) is 18.3 Å². The monoisotopic (exact) mass is 452 g/mol. The van der Waals surface area contributed by atoms with Gasteiger partial charge in [0.15, 0.2) is 0 Å². The molecule has 1 aliphatic rings. The lowest BCUT2D eigenvalue weighted by atomic mass is 9.88. The van der Waals surface area contributed by atoms with Crippen molar-refractivity contribution >= 4 is 23.8 Å². The van der Waals surface area contributed by atoms with E-state index in [9.17, 15) is 4.79 Å². The van der Waals surface area contributed by atoms with E-state index in [0.29, 0.717) is 28.8 Å². The Bertz CT molecular complexity index is 1130. The summed E-state index contributed by atoms with van der Waals surface area (Å²) in [6, 6.07) is 22.3. The molecule has 0 saturated carbocycles. The smallest absolute Gasteiger partial charge is 0.341 e. The van der Waals surface area contributed by atoms with Gasteiger partial charge in [0, 0.05) is 16.9 Å². The fourth-order valence-electron chi connectivity index (χ4n) is 3.80. The Balaban J connectivity index is 1.63. The Morgan fingerprint density at radius 2 is 1.78 bits per heavy atom. The van der Waals surface area contributed by atoms with Gasteiger partial charge in [-0.3, -0.25) is 0 Å². The van der Waals surface area contributed by atoms with E-state index in [1.54, 1.807) is 55.6 Å². The van der Waals surface area contributed by atoms with Gasteiger partial charge in [0.1, 0.15) is 5.75 Å². The average molecular weight is 453 g/mol. The molecule has 32 heavy (non-hydrogen) atoms. The van der Waals surface area contributed by atoms with E-state index in [1.807, 2.05) is 36.4 Å². The number of carbonyl (C=O) groups excluding carboxylic acids is 1. The van der Waals surface area contributed by atoms with Crippen molar-refractivity contribution < 1.29 is 23.0 Å². The predicted octanol–water partition coefficient (Wildman–Crippen LogP) is 6.94. The maximum Gasteiger partial charge on any atom is 0.341 e. The number of esters is 1. The van der Waals surface area contributed by atoms with Crippen molar-refractivity contribution in [2.45, 2.75) is 28.6 Å². The number of methoxy groups -OCH3 is 1. The number of fused-ring (bicyclic) bond motifs is 1. The summed E-state index contributed by atoms with van der Waals surface area (Å²) in [7, 11) is 1.59. The third-order valence-corrected chi connectivity index (χ3v) is 6.47. The number of benzene rings is 3. The van der Waals surface area contributed by atoms with Gasteiger partial charge in [-0.05, 0) is 54.1 Å². The largest absolute Gasteiger partial charge is 0.497 e. The van der Waals surface area contributed by atoms with Gasteiger partial charge < -0.3 is 9.47 Å². The number of rotatable bonds is 8. The first-order valence-corrected chi connectivity index (χ1v) is 11.0. The molecular formula is C26H22F2O3S. The Morgan fingerprint density at radius 3 is 2.56 bits per heavy atom. The lowest BCUT2D eigenvalue weighted by molar-refractivity contribution is -0.129. The van der Waals surface area contributed by atoms with Crippen molar-refractivity contribution in [1.82, 2.24) is 0 Å². The lowest BCUT2D eigenvalue weighted by Gasteiger charge is -2.35. The minimum Gasteiger partial charge on any atom is -0.497 e. The number of ether oxygens (including phenoxy) is 2. The second kappa shape index (κ2) is 9.17. The van der Waals surface area contributed by atoms with Crippen molar-refractivity contribution in [2.75, 3.05) is 7.11 Å². The van der Waals surface area contributed by atoms with E-state index < -0.39 is 16.8 Å². The molecule has 1 unspecified atom stereocenters. The zero-order chi connectivity index (χ0) is 22.6. The molecule has 1 atom stereocenters. The molecule has 0 saturated heterocycles. The summed E-state index contributed by atoms with van der Waals surface area (Å²) in [5.41, 5.74) is -0.738. The van der Waals surface area contributed by atoms with E-state index in [4.69, 9.17) is 9.47 Å². The summed E-state index contributed by atoms with van der Waals surface area (Å²) in [5, 5.41) is -3.37. The Morgan fingerprint density at radius 1 is 1.03 bits per heavy atom. The van der Waals surface area contributed by atoms with E-state index >= 15 is 8.78 Å². The van der Waals surface area contributed by atoms with Gasteiger partial charge in [-0.25, -0.2) is 4.79 Å². The molecule has 0 bridgehead atoms. The third-order valence-electron chi connectivity index (χ3n) is 5.38. The summed E-state index contributed by atoms with van der Waals surface area (Å²) in [6.07, 6.45) is 3.91. The molecule has 0 aliphatic carbocycles. The number of cyclic esters (lactones) is 1. The standard InChI is InChI=1S/C26H22F2O3S/c1-30-20-12-9-11-19(18-20)10-7-8-17-25(23-16-6-5-15-22(23)24(29)31-25)26(27,28)32-21-13-3-2-4-14-21/h2-7,9-16,18H,8,17H2,1H3/b10-7+. The first kappa shape index (κ1) is 22.1. The maximum atomic E-state index is 15.8. The van der Waals surface area contributed by atoms with Crippen LogP contribution in [0.25, 0.3) is 6.08 Å². The summed E-state index contributed by atoms with van der Waals surface area (Å²) >= 11 is 0.416. The molecule has 1 heterocycles. The summed E-state index contributed by atoms with van der Waals surface area (Å²) in [5.74, 6) is -0.00113. The van der Waals surface area contributed by atoms with Gasteiger partial charge in [-0.2, -0.15) is 8.78 Å². The molecule has 3 aromatic rings. The zero-order valence-corrected chi connectivity index (χ0v) is 18.3. The van der Waals surface area contributed by atoms with Gasteiger partial charge in [0.2, 0.25) is 5.60 Å². The second-order valence-corrected chi connectivity index (χ2v) is 8.60. The van der Waals surface area contributed by atoms with Crippen LogP contribution in [0.1, 0.15) is 34.3 Å². The van der Waals surface area contributed by atoms with Crippen LogP contribution in [0.15, 0.2) is 89.8 Å². The van der Waals surface area contributed by atoms with E-state index in [1.165, 1.54) is 6.07 Å². The fourth-order valence-corrected chi connectivity index (χ4v) is 4.81. The molecule has 1 aliphatic heterocycles. The van der Waals surface area contributed by atoms with E-state index in [2.05, 4.69) is 0 Å². The maximum absolute atomic E-state index is 15.8. The van der Waals surface area contributed by atoms with Crippen LogP contribution in [0, 0.1) is 0 Å². The van der Waals surface area contributed by atoms with Crippen LogP contribution < -0.4 is 4.74 Å². The van der Waals surface area contributed by atoms with E-state index in [0.717, 1.165) is 5.56 Å². The molecule has 3 aromatic carbocycles. The summed E-state index contributed by atoms with van der Waals surface area (Å²) in [4.78, 5) is 12.9. The van der Waals surface area contributed by atoms with Gasteiger partial charge in [0.05, 0.1) is 12.7 Å². The van der Waals surface area contributed by atoms with Crippen molar-refractivity contribution in [3.8, 4) is 5.75 Å². The number of thioether (sulfide) groups is 1. The number of alkyl halides is 2. The number of allylic oxidation sites excluding steroid dienone is 1. The van der Waals surface area contributed by atoms with Crippen LogP contribution >= 0.6 is 11.8 Å². The highest BCUT2D eigenvalue weighted by Gasteiger charge is 2.62. The number of hydrogen-bond acceptors (Lipinski definition) is 4. The van der Waals surface area contributed by atoms with Gasteiger partial charge in [-0.1, -0.05) is 60.7 Å². The van der Waals surface area contributed by atoms with Crippen LogP contribution in [0.5, 0.6) is 5.75 Å². The van der Waals surface area contributed by atoms with Crippen molar-refractivity contribution in [2.24, 2.45) is 0 Å². The summed E-state index contributed by atoms with van der Waals surface area (Å²) < 4.78 is 42.3. The summed E-state index contributed by atoms with van der Waals surface area (Å²) in [6.45, 7) is 0. The SMILES string of the molecule is COc1cccc(/C=C/CCC2(C(F)(F)Sc3ccccc3)OC(=O)c3ccccc32)c1. The molecule has 0 radical (unpaired) electrons. The molecule has 3 nitrogen and oxygen atoms in total. The second-order valence-electron chi connectivity index (χ2n) is 7.41. The van der Waals surface area contributed by atoms with Crippen molar-refractivity contribution in [1.29, 1.82) is 0 Å². The zero-order valence-electron chi connectivity index (χ0n) is 17.5. The highest BCUT2D eigenvalue weighted by atomic mass is 32.2. The van der Waals surface area contributed by atoms with Gasteiger partial charge in [-0.15, -0.1) is 0 Å². The van der Waals surface area contributed by atoms with Crippen LogP contribution in [0.2, 0.25) is 0 Å². The fraction of sp³-hybridized carbons (Fsp3) is 0.192. The highest BCUT2D eigenvalue weighted by Crippen LogP contribution is 2.56. The molecule has 0 fully saturated rings. The molecular weight excluding hydrogens is 430 g/mol. The average Bonchev–Trinajstić information content (AvgIpc) is 3.11. The van der Waals surface area contributed by atoms with Gasteiger partial charge in [0.25, 0.3) is 0 Å². The minimum absolute atomic E-state index is 0.0525. The number of hydrogen-bond donors (Lipinski definition) is 0. The Hall–Kier alpha value is -3.12. The number of halogens is 2. The lowest BCUT2D eigenvalue weighted by Crippen LogP contribution is -2.43. The quantitative estimate of drug-likeness (QED) is 0.274. The van der Waals surface area contributed by atoms with Gasteiger partial charge >= 0.3 is 11.2 Å². The highest BCUT2D eigenvalue weighted by molar-refractivity contribution is 8.00. The molecule has 164 valence electrons. The van der Waals surface area contributed by atoms with Crippen LogP contribution in [-0.2, 0) is 10.3 Å². The first-order valence-electron chi connectivity index (χ1n) is 10.2. The molecule has 4 rings (SSSR count). The minimum atomic E-state index is -3.37. The van der Waals surface area contributed by atoms with Crippen LogP contribution in [0.4, 0.5) is 8.78 Å². The predicted molar refractivity (Wildman–Crippen MR) is 122 cm³/mol. The molecule has 0 N–H and O–H groups in total. The van der Waals surface area contributed by atoms with Crippen molar-refractivity contribution in [3.05, 3.63) is 102 Å².